The zero-order valence-corrected chi connectivity index (χ0v) is 30.7. The summed E-state index contributed by atoms with van der Waals surface area (Å²) in [5.74, 6) is 1.98. The summed E-state index contributed by atoms with van der Waals surface area (Å²) < 4.78 is 0. The third kappa shape index (κ3) is 5.39. The van der Waals surface area contributed by atoms with Gasteiger partial charge in [0.25, 0.3) is 0 Å². The molecule has 11 rings (SSSR count). The lowest BCUT2D eigenvalue weighted by atomic mass is 9.89. The first-order chi connectivity index (χ1) is 27.8. The fraction of sp³-hybridized carbons (Fsp3) is 0.0377. The highest BCUT2D eigenvalue weighted by atomic mass is 15.0. The Morgan fingerprint density at radius 3 is 1.25 bits per heavy atom. The first kappa shape index (κ1) is 32.2. The minimum atomic E-state index is 0.657. The van der Waals surface area contributed by atoms with E-state index in [1.807, 2.05) is 60.7 Å². The van der Waals surface area contributed by atoms with Crippen molar-refractivity contribution in [3.63, 3.8) is 0 Å². The largest absolute Gasteiger partial charge is 0.208 e. The molecule has 0 saturated carbocycles. The van der Waals surface area contributed by atoms with E-state index in [0.717, 1.165) is 35.1 Å². The van der Waals surface area contributed by atoms with E-state index in [0.29, 0.717) is 17.5 Å². The molecule has 0 atom stereocenters. The molecular formula is C53H35N3. The second-order valence-corrected chi connectivity index (χ2v) is 14.7. The van der Waals surface area contributed by atoms with E-state index in [2.05, 4.69) is 127 Å². The lowest BCUT2D eigenvalue weighted by Crippen LogP contribution is -2.00. The predicted octanol–water partition coefficient (Wildman–Crippen LogP) is 13.0. The second-order valence-electron chi connectivity index (χ2n) is 14.7. The summed E-state index contributed by atoms with van der Waals surface area (Å²) in [5.41, 5.74) is 21.4. The summed E-state index contributed by atoms with van der Waals surface area (Å²) in [5, 5.41) is 0. The Balaban J connectivity index is 0.999. The molecule has 262 valence electrons. The van der Waals surface area contributed by atoms with Crippen molar-refractivity contribution >= 4 is 0 Å². The molecule has 0 N–H and O–H groups in total. The normalized spacial score (nSPS) is 12.1. The number of fused-ring (bicyclic) bond motifs is 6. The van der Waals surface area contributed by atoms with Gasteiger partial charge < -0.3 is 0 Å². The molecule has 56 heavy (non-hydrogen) atoms. The lowest BCUT2D eigenvalue weighted by molar-refractivity contribution is 1.07. The number of rotatable bonds is 6. The third-order valence-corrected chi connectivity index (χ3v) is 11.5. The molecule has 0 saturated heterocycles. The number of benzene rings is 8. The van der Waals surface area contributed by atoms with Crippen LogP contribution in [-0.4, -0.2) is 15.0 Å². The molecule has 0 unspecified atom stereocenters. The van der Waals surface area contributed by atoms with Gasteiger partial charge in [0.15, 0.2) is 17.5 Å². The van der Waals surface area contributed by atoms with Crippen molar-refractivity contribution in [1.29, 1.82) is 0 Å². The Bertz CT molecular complexity index is 2890. The van der Waals surface area contributed by atoms with Gasteiger partial charge in [-0.3, -0.25) is 0 Å². The quantitative estimate of drug-likeness (QED) is 0.172. The van der Waals surface area contributed by atoms with E-state index in [9.17, 15) is 0 Å². The number of hydrogen-bond acceptors (Lipinski definition) is 3. The van der Waals surface area contributed by atoms with Gasteiger partial charge in [0.2, 0.25) is 0 Å². The Hall–Kier alpha value is -7.23. The van der Waals surface area contributed by atoms with Crippen LogP contribution >= 0.6 is 0 Å². The van der Waals surface area contributed by atoms with Gasteiger partial charge in [0.1, 0.15) is 0 Å². The Morgan fingerprint density at radius 2 is 0.661 bits per heavy atom. The van der Waals surface area contributed by atoms with Crippen molar-refractivity contribution in [1.82, 2.24) is 15.0 Å². The van der Waals surface area contributed by atoms with Crippen molar-refractivity contribution in [2.75, 3.05) is 0 Å². The van der Waals surface area contributed by atoms with Crippen LogP contribution in [0.5, 0.6) is 0 Å². The summed E-state index contributed by atoms with van der Waals surface area (Å²) in [6.45, 7) is 0. The van der Waals surface area contributed by atoms with Gasteiger partial charge in [-0.2, -0.15) is 0 Å². The minimum absolute atomic E-state index is 0.657. The summed E-state index contributed by atoms with van der Waals surface area (Å²) in [6.07, 6.45) is 1.82. The fourth-order valence-electron chi connectivity index (χ4n) is 8.90. The maximum absolute atomic E-state index is 5.03. The summed E-state index contributed by atoms with van der Waals surface area (Å²) in [4.78, 5) is 15.0. The molecule has 8 aromatic carbocycles. The predicted molar refractivity (Wildman–Crippen MR) is 229 cm³/mol. The van der Waals surface area contributed by atoms with Crippen molar-refractivity contribution in [3.8, 4) is 89.8 Å². The van der Waals surface area contributed by atoms with Gasteiger partial charge in [0.05, 0.1) is 0 Å². The van der Waals surface area contributed by atoms with Crippen LogP contribution in [0.3, 0.4) is 0 Å². The summed E-state index contributed by atoms with van der Waals surface area (Å²) in [7, 11) is 0. The van der Waals surface area contributed by atoms with Gasteiger partial charge in [-0.05, 0) is 96.8 Å². The molecule has 2 aliphatic carbocycles. The van der Waals surface area contributed by atoms with E-state index in [1.54, 1.807) is 0 Å². The van der Waals surface area contributed by atoms with Crippen LogP contribution in [0.4, 0.5) is 0 Å². The van der Waals surface area contributed by atoms with Crippen LogP contribution in [0, 0.1) is 0 Å². The van der Waals surface area contributed by atoms with Crippen LogP contribution < -0.4 is 0 Å². The first-order valence-electron chi connectivity index (χ1n) is 19.3. The third-order valence-electron chi connectivity index (χ3n) is 11.5. The van der Waals surface area contributed by atoms with Crippen LogP contribution in [0.25, 0.3) is 89.8 Å². The van der Waals surface area contributed by atoms with Crippen molar-refractivity contribution in [2.24, 2.45) is 0 Å². The molecule has 0 radical (unpaired) electrons. The minimum Gasteiger partial charge on any atom is -0.208 e. The van der Waals surface area contributed by atoms with Crippen LogP contribution in [0.15, 0.2) is 188 Å². The lowest BCUT2D eigenvalue weighted by Gasteiger charge is -2.14. The van der Waals surface area contributed by atoms with E-state index >= 15 is 0 Å². The molecule has 0 fully saturated rings. The van der Waals surface area contributed by atoms with E-state index in [-0.39, 0.29) is 0 Å². The van der Waals surface area contributed by atoms with Gasteiger partial charge in [0, 0.05) is 16.7 Å². The molecule has 0 aliphatic heterocycles. The average molecular weight is 714 g/mol. The fourth-order valence-corrected chi connectivity index (χ4v) is 8.90. The molecule has 3 nitrogen and oxygen atoms in total. The van der Waals surface area contributed by atoms with Crippen molar-refractivity contribution in [2.45, 2.75) is 12.8 Å². The number of hydrogen-bond donors (Lipinski definition) is 0. The SMILES string of the molecule is c1ccc(-c2nc(-c3ccccc3)nc(-c3cccc(-c4cccc5c4-c4cccc(-c6cccc7c6Cc6c(-c8ccccc8)cccc6-7)c4C5)c3)n2)cc1. The highest BCUT2D eigenvalue weighted by Gasteiger charge is 2.29. The first-order valence-corrected chi connectivity index (χ1v) is 19.3. The van der Waals surface area contributed by atoms with Gasteiger partial charge >= 0.3 is 0 Å². The molecule has 2 aliphatic rings. The summed E-state index contributed by atoms with van der Waals surface area (Å²) >= 11 is 0. The second kappa shape index (κ2) is 13.3. The molecule has 9 aromatic rings. The Morgan fingerprint density at radius 1 is 0.268 bits per heavy atom. The summed E-state index contributed by atoms with van der Waals surface area (Å²) in [6, 6.07) is 67.1. The van der Waals surface area contributed by atoms with Crippen LogP contribution in [-0.2, 0) is 12.8 Å². The monoisotopic (exact) mass is 713 g/mol. The molecule has 1 aromatic heterocycles. The number of aromatic nitrogens is 3. The molecule has 3 heteroatoms. The van der Waals surface area contributed by atoms with Crippen LogP contribution in [0.2, 0.25) is 0 Å². The van der Waals surface area contributed by atoms with Crippen molar-refractivity contribution < 1.29 is 0 Å². The van der Waals surface area contributed by atoms with E-state index < -0.39 is 0 Å². The van der Waals surface area contributed by atoms with E-state index in [1.165, 1.54) is 72.3 Å². The smallest absolute Gasteiger partial charge is 0.164 e. The zero-order chi connectivity index (χ0) is 37.0. The highest BCUT2D eigenvalue weighted by Crippen LogP contribution is 2.50. The molecule has 0 bridgehead atoms. The standard InChI is InChI=1S/C53H35N3/c1-4-15-34(16-5-1)40-24-12-26-43-45-28-13-27-44(49(45)33-48(40)43)42-29-14-30-46-47(42)32-38-22-11-25-41(50(38)46)37-21-10-23-39(31-37)53-55-51(35-17-6-2-7-18-35)54-52(56-53)36-19-8-3-9-20-36/h1-31H,32-33H2. The van der Waals surface area contributed by atoms with Gasteiger partial charge in [-0.15, -0.1) is 0 Å². The molecule has 0 spiro atoms. The molecule has 0 amide bonds. The average Bonchev–Trinajstić information content (AvgIpc) is 3.86. The molecular weight excluding hydrogens is 679 g/mol. The maximum atomic E-state index is 5.03. The van der Waals surface area contributed by atoms with Gasteiger partial charge in [-0.25, -0.2) is 15.0 Å². The Labute approximate surface area is 326 Å². The van der Waals surface area contributed by atoms with Crippen LogP contribution in [0.1, 0.15) is 22.3 Å². The Kier molecular flexibility index (Phi) is 7.63. The molecule has 1 heterocycles. The number of nitrogens with zero attached hydrogens (tertiary/aromatic N) is 3. The zero-order valence-electron chi connectivity index (χ0n) is 30.7. The van der Waals surface area contributed by atoms with Crippen molar-refractivity contribution in [3.05, 3.63) is 210 Å². The van der Waals surface area contributed by atoms with E-state index in [4.69, 9.17) is 15.0 Å². The van der Waals surface area contributed by atoms with Gasteiger partial charge in [-0.1, -0.05) is 182 Å². The topological polar surface area (TPSA) is 38.7 Å². The maximum Gasteiger partial charge on any atom is 0.164 e. The highest BCUT2D eigenvalue weighted by molar-refractivity contribution is 5.96.